The summed E-state index contributed by atoms with van der Waals surface area (Å²) in [4.78, 5) is 12.0. The molecular weight excluding hydrogens is 312 g/mol. The van der Waals surface area contributed by atoms with E-state index >= 15 is 0 Å². The number of hydrogen-bond donors (Lipinski definition) is 2. The molecule has 0 aliphatic rings. The zero-order valence-electron chi connectivity index (χ0n) is 13.3. The number of halogens is 1. The molecule has 0 spiro atoms. The first-order valence-corrected chi connectivity index (χ1v) is 7.89. The van der Waals surface area contributed by atoms with Crippen molar-refractivity contribution in [3.8, 4) is 5.75 Å². The van der Waals surface area contributed by atoms with Crippen LogP contribution in [0.2, 0.25) is 5.02 Å². The van der Waals surface area contributed by atoms with E-state index in [1.807, 2.05) is 43.3 Å². The van der Waals surface area contributed by atoms with E-state index in [0.29, 0.717) is 23.7 Å². The number of amides is 1. The van der Waals surface area contributed by atoms with Crippen molar-refractivity contribution in [2.24, 2.45) is 0 Å². The monoisotopic (exact) mass is 332 g/mol. The van der Waals surface area contributed by atoms with Crippen molar-refractivity contribution < 1.29 is 9.53 Å². The number of nitrogens with one attached hydrogen (secondary N) is 2. The van der Waals surface area contributed by atoms with Crippen LogP contribution in [0, 0.1) is 0 Å². The zero-order chi connectivity index (χ0) is 16.7. The lowest BCUT2D eigenvalue weighted by molar-refractivity contribution is -0.121. The van der Waals surface area contributed by atoms with Crippen LogP contribution in [0.3, 0.4) is 0 Å². The molecule has 0 radical (unpaired) electrons. The minimum Gasteiger partial charge on any atom is -0.495 e. The summed E-state index contributed by atoms with van der Waals surface area (Å²) in [5.41, 5.74) is 1.95. The summed E-state index contributed by atoms with van der Waals surface area (Å²) in [5.74, 6) is 0.639. The number of rotatable bonds is 7. The topological polar surface area (TPSA) is 50.4 Å². The van der Waals surface area contributed by atoms with Gasteiger partial charge >= 0.3 is 0 Å². The van der Waals surface area contributed by atoms with Crippen molar-refractivity contribution >= 4 is 23.2 Å². The van der Waals surface area contributed by atoms with E-state index < -0.39 is 0 Å². The highest BCUT2D eigenvalue weighted by atomic mass is 35.5. The summed E-state index contributed by atoms with van der Waals surface area (Å²) in [6.45, 7) is 2.51. The van der Waals surface area contributed by atoms with Crippen molar-refractivity contribution in [2.75, 3.05) is 19.0 Å². The molecule has 23 heavy (non-hydrogen) atoms. The van der Waals surface area contributed by atoms with Crippen molar-refractivity contribution in [2.45, 2.75) is 19.4 Å². The van der Waals surface area contributed by atoms with Crippen LogP contribution in [-0.2, 0) is 4.79 Å². The van der Waals surface area contributed by atoms with Crippen molar-refractivity contribution in [3.05, 3.63) is 59.1 Å². The number of carbonyl (C=O) groups excluding carboxylic acids is 1. The molecule has 2 N–H and O–H groups in total. The quantitative estimate of drug-likeness (QED) is 0.805. The highest BCUT2D eigenvalue weighted by molar-refractivity contribution is 6.32. The SMILES string of the molecule is COc1ccc(NCCC(=O)NC(C)c2ccccc2)cc1Cl. The number of ether oxygens (including phenoxy) is 1. The number of hydrogen-bond acceptors (Lipinski definition) is 3. The van der Waals surface area contributed by atoms with Crippen LogP contribution in [0.15, 0.2) is 48.5 Å². The third-order valence-corrected chi connectivity index (χ3v) is 3.81. The Hall–Kier alpha value is -2.20. The van der Waals surface area contributed by atoms with Gasteiger partial charge in [-0.2, -0.15) is 0 Å². The maximum atomic E-state index is 12.0. The predicted molar refractivity (Wildman–Crippen MR) is 94.1 cm³/mol. The second kappa shape index (κ2) is 8.44. The third kappa shape index (κ3) is 5.18. The number of anilines is 1. The minimum atomic E-state index is -0.000805. The van der Waals surface area contributed by atoms with Gasteiger partial charge in [0.2, 0.25) is 5.91 Å². The lowest BCUT2D eigenvalue weighted by Crippen LogP contribution is -2.28. The lowest BCUT2D eigenvalue weighted by atomic mass is 10.1. The summed E-state index contributed by atoms with van der Waals surface area (Å²) in [6.07, 6.45) is 0.390. The first-order chi connectivity index (χ1) is 11.1. The van der Waals surface area contributed by atoms with Crippen LogP contribution in [0.4, 0.5) is 5.69 Å². The summed E-state index contributed by atoms with van der Waals surface area (Å²) in [7, 11) is 1.58. The van der Waals surface area contributed by atoms with Crippen molar-refractivity contribution in [1.82, 2.24) is 5.32 Å². The molecule has 0 aromatic heterocycles. The largest absolute Gasteiger partial charge is 0.495 e. The van der Waals surface area contributed by atoms with Gasteiger partial charge in [0.05, 0.1) is 18.2 Å². The summed E-state index contributed by atoms with van der Waals surface area (Å²) in [6, 6.07) is 15.3. The molecule has 0 saturated heterocycles. The Balaban J connectivity index is 1.77. The molecule has 2 aromatic carbocycles. The van der Waals surface area contributed by atoms with Gasteiger partial charge in [0, 0.05) is 18.7 Å². The predicted octanol–water partition coefficient (Wildman–Crippen LogP) is 4.03. The van der Waals surface area contributed by atoms with E-state index in [-0.39, 0.29) is 11.9 Å². The molecule has 0 saturated carbocycles. The average molecular weight is 333 g/mol. The van der Waals surface area contributed by atoms with E-state index in [9.17, 15) is 4.79 Å². The van der Waals surface area contributed by atoms with Crippen LogP contribution in [0.1, 0.15) is 24.9 Å². The molecule has 0 fully saturated rings. The zero-order valence-corrected chi connectivity index (χ0v) is 14.1. The minimum absolute atomic E-state index is 0.000805. The first kappa shape index (κ1) is 17.2. The van der Waals surface area contributed by atoms with E-state index in [2.05, 4.69) is 10.6 Å². The maximum Gasteiger partial charge on any atom is 0.222 e. The van der Waals surface area contributed by atoms with Crippen LogP contribution in [0.25, 0.3) is 0 Å². The highest BCUT2D eigenvalue weighted by Gasteiger charge is 2.09. The Bertz CT molecular complexity index is 647. The van der Waals surface area contributed by atoms with Crippen LogP contribution in [-0.4, -0.2) is 19.6 Å². The molecule has 1 amide bonds. The molecule has 0 aliphatic heterocycles. The molecule has 1 atom stereocenters. The Morgan fingerprint density at radius 3 is 2.61 bits per heavy atom. The first-order valence-electron chi connectivity index (χ1n) is 7.52. The Kier molecular flexibility index (Phi) is 6.29. The van der Waals surface area contributed by atoms with Crippen LogP contribution >= 0.6 is 11.6 Å². The molecule has 2 rings (SSSR count). The van der Waals surface area contributed by atoms with Gasteiger partial charge in [-0.15, -0.1) is 0 Å². The molecule has 2 aromatic rings. The Morgan fingerprint density at radius 1 is 1.22 bits per heavy atom. The van der Waals surface area contributed by atoms with Gasteiger partial charge in [-0.3, -0.25) is 4.79 Å². The highest BCUT2D eigenvalue weighted by Crippen LogP contribution is 2.27. The second-order valence-corrected chi connectivity index (χ2v) is 5.63. The second-order valence-electron chi connectivity index (χ2n) is 5.23. The van der Waals surface area contributed by atoms with E-state index in [1.54, 1.807) is 19.2 Å². The van der Waals surface area contributed by atoms with Crippen LogP contribution < -0.4 is 15.4 Å². The molecular formula is C18H21ClN2O2. The average Bonchev–Trinajstić information content (AvgIpc) is 2.56. The maximum absolute atomic E-state index is 12.0. The smallest absolute Gasteiger partial charge is 0.222 e. The summed E-state index contributed by atoms with van der Waals surface area (Å²) >= 11 is 6.06. The molecule has 1 unspecified atom stereocenters. The lowest BCUT2D eigenvalue weighted by Gasteiger charge is -2.14. The van der Waals surface area contributed by atoms with Crippen molar-refractivity contribution in [3.63, 3.8) is 0 Å². The molecule has 4 nitrogen and oxygen atoms in total. The number of carbonyl (C=O) groups is 1. The van der Waals surface area contributed by atoms with Gasteiger partial charge in [-0.1, -0.05) is 41.9 Å². The van der Waals surface area contributed by atoms with Gasteiger partial charge in [0.25, 0.3) is 0 Å². The van der Waals surface area contributed by atoms with Gasteiger partial charge in [-0.25, -0.2) is 0 Å². The fourth-order valence-corrected chi connectivity index (χ4v) is 2.49. The number of benzene rings is 2. The number of methoxy groups -OCH3 is 1. The molecule has 0 aliphatic carbocycles. The van der Waals surface area contributed by atoms with E-state index in [1.165, 1.54) is 0 Å². The Labute approximate surface area is 141 Å². The van der Waals surface area contributed by atoms with Crippen LogP contribution in [0.5, 0.6) is 5.75 Å². The fourth-order valence-electron chi connectivity index (χ4n) is 2.24. The van der Waals surface area contributed by atoms with Gasteiger partial charge in [0.15, 0.2) is 0 Å². The fraction of sp³-hybridized carbons (Fsp3) is 0.278. The van der Waals surface area contributed by atoms with E-state index in [4.69, 9.17) is 16.3 Å². The van der Waals surface area contributed by atoms with Gasteiger partial charge in [-0.05, 0) is 30.7 Å². The van der Waals surface area contributed by atoms with Gasteiger partial charge in [0.1, 0.15) is 5.75 Å². The standard InChI is InChI=1S/C18H21ClN2O2/c1-13(14-6-4-3-5-7-14)21-18(22)10-11-20-15-8-9-17(23-2)16(19)12-15/h3-9,12-13,20H,10-11H2,1-2H3,(H,21,22). The molecule has 5 heteroatoms. The Morgan fingerprint density at radius 2 is 1.96 bits per heavy atom. The molecule has 122 valence electrons. The normalized spacial score (nSPS) is 11.6. The van der Waals surface area contributed by atoms with Gasteiger partial charge < -0.3 is 15.4 Å². The molecule has 0 heterocycles. The third-order valence-electron chi connectivity index (χ3n) is 3.51. The summed E-state index contributed by atoms with van der Waals surface area (Å²) < 4.78 is 5.10. The van der Waals surface area contributed by atoms with E-state index in [0.717, 1.165) is 11.3 Å². The molecule has 0 bridgehead atoms. The summed E-state index contributed by atoms with van der Waals surface area (Å²) in [5, 5.41) is 6.71. The van der Waals surface area contributed by atoms with Crippen molar-refractivity contribution in [1.29, 1.82) is 0 Å².